The highest BCUT2D eigenvalue weighted by atomic mass is 16.3. The Hall–Kier alpha value is -1.88. The first-order valence-corrected chi connectivity index (χ1v) is 8.01. The molecule has 0 radical (unpaired) electrons. The average molecular weight is 320 g/mol. The van der Waals surface area contributed by atoms with Gasteiger partial charge in [-0.25, -0.2) is 0 Å². The van der Waals surface area contributed by atoms with E-state index in [1.165, 1.54) is 0 Å². The second-order valence-corrected chi connectivity index (χ2v) is 6.83. The summed E-state index contributed by atoms with van der Waals surface area (Å²) in [6.07, 6.45) is 0.00983. The van der Waals surface area contributed by atoms with Crippen molar-refractivity contribution >= 4 is 11.8 Å². The minimum Gasteiger partial charge on any atom is -0.391 e. The standard InChI is InChI=1S/C18H28N2O3/c1-6-15(12(2)21)20-16(22)11-19-17(23)13-7-9-14(10-8-13)18(3,4)5/h7-10,12,15,21H,6,11H2,1-5H3,(H,19,23)(H,20,22)/t12-,15+/m0/s1. The number of aliphatic hydroxyl groups is 1. The molecule has 0 spiro atoms. The van der Waals surface area contributed by atoms with E-state index in [9.17, 15) is 14.7 Å². The topological polar surface area (TPSA) is 78.4 Å². The maximum Gasteiger partial charge on any atom is 0.251 e. The molecule has 0 aliphatic carbocycles. The van der Waals surface area contributed by atoms with Gasteiger partial charge >= 0.3 is 0 Å². The van der Waals surface area contributed by atoms with Gasteiger partial charge in [0.05, 0.1) is 18.7 Å². The van der Waals surface area contributed by atoms with Crippen LogP contribution in [0.3, 0.4) is 0 Å². The maximum absolute atomic E-state index is 12.1. The summed E-state index contributed by atoms with van der Waals surface area (Å²) < 4.78 is 0. The third-order valence-corrected chi connectivity index (χ3v) is 3.79. The Balaban J connectivity index is 2.55. The predicted molar refractivity (Wildman–Crippen MR) is 91.4 cm³/mol. The van der Waals surface area contributed by atoms with Crippen molar-refractivity contribution in [2.75, 3.05) is 6.54 Å². The third-order valence-electron chi connectivity index (χ3n) is 3.79. The largest absolute Gasteiger partial charge is 0.391 e. The highest BCUT2D eigenvalue weighted by Gasteiger charge is 2.17. The van der Waals surface area contributed by atoms with Gasteiger partial charge in [0.15, 0.2) is 0 Å². The van der Waals surface area contributed by atoms with Crippen LogP contribution in [0.25, 0.3) is 0 Å². The van der Waals surface area contributed by atoms with Crippen LogP contribution in [-0.2, 0) is 10.2 Å². The predicted octanol–water partition coefficient (Wildman–Crippen LogP) is 1.99. The Bertz CT molecular complexity index is 530. The van der Waals surface area contributed by atoms with Gasteiger partial charge in [-0.1, -0.05) is 39.8 Å². The first-order chi connectivity index (χ1) is 10.6. The lowest BCUT2D eigenvalue weighted by molar-refractivity contribution is -0.121. The maximum atomic E-state index is 12.1. The zero-order chi connectivity index (χ0) is 17.6. The van der Waals surface area contributed by atoms with Crippen molar-refractivity contribution in [3.05, 3.63) is 35.4 Å². The van der Waals surface area contributed by atoms with Crippen molar-refractivity contribution in [3.63, 3.8) is 0 Å². The van der Waals surface area contributed by atoms with E-state index in [1.54, 1.807) is 19.1 Å². The molecule has 0 heterocycles. The van der Waals surface area contributed by atoms with E-state index in [0.29, 0.717) is 12.0 Å². The van der Waals surface area contributed by atoms with Gasteiger partial charge in [0.25, 0.3) is 5.91 Å². The molecule has 2 atom stereocenters. The third kappa shape index (κ3) is 6.02. The quantitative estimate of drug-likeness (QED) is 0.750. The molecule has 0 aromatic heterocycles. The van der Waals surface area contributed by atoms with Gasteiger partial charge in [-0.05, 0) is 36.5 Å². The van der Waals surface area contributed by atoms with E-state index < -0.39 is 6.10 Å². The lowest BCUT2D eigenvalue weighted by atomic mass is 9.87. The summed E-state index contributed by atoms with van der Waals surface area (Å²) in [5.74, 6) is -0.594. The lowest BCUT2D eigenvalue weighted by Crippen LogP contribution is -2.46. The fourth-order valence-electron chi connectivity index (χ4n) is 2.21. The molecule has 5 nitrogen and oxygen atoms in total. The number of hydrogen-bond donors (Lipinski definition) is 3. The molecular formula is C18H28N2O3. The summed E-state index contributed by atoms with van der Waals surface area (Å²) in [5, 5.41) is 14.8. The van der Waals surface area contributed by atoms with E-state index in [4.69, 9.17) is 0 Å². The first kappa shape index (κ1) is 19.2. The Morgan fingerprint density at radius 2 is 1.74 bits per heavy atom. The highest BCUT2D eigenvalue weighted by molar-refractivity contribution is 5.96. The van der Waals surface area contributed by atoms with Gasteiger partial charge in [-0.2, -0.15) is 0 Å². The first-order valence-electron chi connectivity index (χ1n) is 8.01. The lowest BCUT2D eigenvalue weighted by Gasteiger charge is -2.20. The monoisotopic (exact) mass is 320 g/mol. The fraction of sp³-hybridized carbons (Fsp3) is 0.556. The van der Waals surface area contributed by atoms with Crippen LogP contribution in [0, 0.1) is 0 Å². The number of carbonyl (C=O) groups is 2. The summed E-state index contributed by atoms with van der Waals surface area (Å²) in [6, 6.07) is 7.08. The Kier molecular flexibility index (Phi) is 6.76. The number of carbonyl (C=O) groups excluding carboxylic acids is 2. The molecule has 2 amide bonds. The van der Waals surface area contributed by atoms with Crippen LogP contribution in [0.1, 0.15) is 57.0 Å². The fourth-order valence-corrected chi connectivity index (χ4v) is 2.21. The zero-order valence-corrected chi connectivity index (χ0v) is 14.6. The van der Waals surface area contributed by atoms with Crippen molar-refractivity contribution in [3.8, 4) is 0 Å². The number of nitrogens with one attached hydrogen (secondary N) is 2. The summed E-state index contributed by atoms with van der Waals surface area (Å²) in [6.45, 7) is 9.73. The van der Waals surface area contributed by atoms with Gasteiger partial charge in [0, 0.05) is 5.56 Å². The molecule has 0 bridgehead atoms. The van der Waals surface area contributed by atoms with Gasteiger partial charge < -0.3 is 15.7 Å². The van der Waals surface area contributed by atoms with Crippen molar-refractivity contribution in [1.82, 2.24) is 10.6 Å². The molecule has 0 saturated carbocycles. The smallest absolute Gasteiger partial charge is 0.251 e. The molecule has 1 aromatic carbocycles. The SMILES string of the molecule is CC[C@@H](NC(=O)CNC(=O)c1ccc(C(C)(C)C)cc1)[C@H](C)O. The van der Waals surface area contributed by atoms with E-state index in [2.05, 4.69) is 31.4 Å². The van der Waals surface area contributed by atoms with Crippen LogP contribution < -0.4 is 10.6 Å². The molecule has 0 fully saturated rings. The zero-order valence-electron chi connectivity index (χ0n) is 14.6. The number of amides is 2. The van der Waals surface area contributed by atoms with E-state index in [0.717, 1.165) is 5.56 Å². The molecule has 0 saturated heterocycles. The molecule has 5 heteroatoms. The van der Waals surface area contributed by atoms with Gasteiger partial charge in [-0.15, -0.1) is 0 Å². The molecule has 0 aliphatic heterocycles. The summed E-state index contributed by atoms with van der Waals surface area (Å²) in [5.41, 5.74) is 1.70. The number of rotatable bonds is 6. The normalized spacial score (nSPS) is 14.0. The average Bonchev–Trinajstić information content (AvgIpc) is 2.49. The Labute approximate surface area is 138 Å². The van der Waals surface area contributed by atoms with E-state index in [-0.39, 0.29) is 29.8 Å². The van der Waals surface area contributed by atoms with Crippen LogP contribution in [0.15, 0.2) is 24.3 Å². The molecule has 1 aromatic rings. The Morgan fingerprint density at radius 3 is 2.17 bits per heavy atom. The van der Waals surface area contributed by atoms with E-state index in [1.807, 2.05) is 19.1 Å². The van der Waals surface area contributed by atoms with Crippen molar-refractivity contribution in [2.45, 2.75) is 58.6 Å². The molecule has 3 N–H and O–H groups in total. The van der Waals surface area contributed by atoms with E-state index >= 15 is 0 Å². The minimum absolute atomic E-state index is 0.0328. The molecule has 1 rings (SSSR count). The number of hydrogen-bond acceptors (Lipinski definition) is 3. The number of benzene rings is 1. The van der Waals surface area contributed by atoms with Crippen molar-refractivity contribution < 1.29 is 14.7 Å². The summed E-state index contributed by atoms with van der Waals surface area (Å²) in [7, 11) is 0. The molecule has 0 aliphatic rings. The van der Waals surface area contributed by atoms with Crippen LogP contribution in [-0.4, -0.2) is 35.6 Å². The summed E-state index contributed by atoms with van der Waals surface area (Å²) in [4.78, 5) is 23.9. The van der Waals surface area contributed by atoms with Crippen LogP contribution in [0.5, 0.6) is 0 Å². The Morgan fingerprint density at radius 1 is 1.17 bits per heavy atom. The minimum atomic E-state index is -0.621. The van der Waals surface area contributed by atoms with Crippen molar-refractivity contribution in [1.29, 1.82) is 0 Å². The van der Waals surface area contributed by atoms with Crippen molar-refractivity contribution in [2.24, 2.45) is 0 Å². The second-order valence-electron chi connectivity index (χ2n) is 6.83. The summed E-state index contributed by atoms with van der Waals surface area (Å²) >= 11 is 0. The van der Waals surface area contributed by atoms with Gasteiger partial charge in [0.2, 0.25) is 5.91 Å². The van der Waals surface area contributed by atoms with Crippen LogP contribution in [0.4, 0.5) is 0 Å². The van der Waals surface area contributed by atoms with Crippen LogP contribution >= 0.6 is 0 Å². The van der Waals surface area contributed by atoms with Gasteiger partial charge in [0.1, 0.15) is 0 Å². The second kappa shape index (κ2) is 8.11. The molecule has 0 unspecified atom stereocenters. The molecule has 23 heavy (non-hydrogen) atoms. The number of aliphatic hydroxyl groups excluding tert-OH is 1. The van der Waals surface area contributed by atoms with Crippen LogP contribution in [0.2, 0.25) is 0 Å². The highest BCUT2D eigenvalue weighted by Crippen LogP contribution is 2.22. The molecular weight excluding hydrogens is 292 g/mol. The molecule has 128 valence electrons. The van der Waals surface area contributed by atoms with Gasteiger partial charge in [-0.3, -0.25) is 9.59 Å².